The Kier molecular flexibility index (Phi) is 5.20. The number of hydrogen-bond acceptors (Lipinski definition) is 3. The van der Waals surface area contributed by atoms with Gasteiger partial charge >= 0.3 is 0 Å². The summed E-state index contributed by atoms with van der Waals surface area (Å²) < 4.78 is 0. The summed E-state index contributed by atoms with van der Waals surface area (Å²) in [5, 5.41) is 4.98. The van der Waals surface area contributed by atoms with Crippen LogP contribution >= 0.6 is 23.4 Å². The summed E-state index contributed by atoms with van der Waals surface area (Å²) in [6, 6.07) is 3.81. The van der Waals surface area contributed by atoms with Gasteiger partial charge in [0.05, 0.1) is 10.0 Å². The summed E-state index contributed by atoms with van der Waals surface area (Å²) >= 11 is 7.45. The molecule has 0 amide bonds. The summed E-state index contributed by atoms with van der Waals surface area (Å²) in [4.78, 5) is 4.18. The summed E-state index contributed by atoms with van der Waals surface area (Å²) in [6.07, 6.45) is 1.68. The standard InChI is InChI=1S/C9H13ClN2S/c1-2-11-5-6-13-9-4-3-8(10)7-12-9/h3-4,7,11H,2,5-6H2,1H3. The van der Waals surface area contributed by atoms with E-state index in [2.05, 4.69) is 17.2 Å². The normalized spacial score (nSPS) is 10.3. The van der Waals surface area contributed by atoms with Crippen molar-refractivity contribution < 1.29 is 0 Å². The molecule has 0 aliphatic heterocycles. The Morgan fingerprint density at radius 3 is 3.00 bits per heavy atom. The van der Waals surface area contributed by atoms with Crippen LogP contribution in [0, 0.1) is 0 Å². The van der Waals surface area contributed by atoms with E-state index in [1.807, 2.05) is 12.1 Å². The summed E-state index contributed by atoms with van der Waals surface area (Å²) in [5.74, 6) is 1.04. The number of nitrogens with one attached hydrogen (secondary N) is 1. The molecular formula is C9H13ClN2S. The highest BCUT2D eigenvalue weighted by molar-refractivity contribution is 7.99. The van der Waals surface area contributed by atoms with Crippen LogP contribution in [0.1, 0.15) is 6.92 Å². The van der Waals surface area contributed by atoms with Crippen LogP contribution in [0.2, 0.25) is 5.02 Å². The molecule has 4 heteroatoms. The van der Waals surface area contributed by atoms with Crippen molar-refractivity contribution in [3.8, 4) is 0 Å². The first-order valence-corrected chi connectivity index (χ1v) is 5.64. The third-order valence-corrected chi connectivity index (χ3v) is 2.65. The maximum absolute atomic E-state index is 5.71. The van der Waals surface area contributed by atoms with E-state index < -0.39 is 0 Å². The van der Waals surface area contributed by atoms with E-state index >= 15 is 0 Å². The Balaban J connectivity index is 2.25. The van der Waals surface area contributed by atoms with Crippen LogP contribution in [-0.4, -0.2) is 23.8 Å². The topological polar surface area (TPSA) is 24.9 Å². The summed E-state index contributed by atoms with van der Waals surface area (Å²) in [5.41, 5.74) is 0. The molecule has 0 saturated carbocycles. The fourth-order valence-corrected chi connectivity index (χ4v) is 1.71. The highest BCUT2D eigenvalue weighted by atomic mass is 35.5. The molecule has 0 aliphatic carbocycles. The van der Waals surface area contributed by atoms with E-state index in [0.717, 1.165) is 23.9 Å². The van der Waals surface area contributed by atoms with Gasteiger partial charge in [-0.1, -0.05) is 18.5 Å². The van der Waals surface area contributed by atoms with Crippen molar-refractivity contribution in [3.63, 3.8) is 0 Å². The lowest BCUT2D eigenvalue weighted by Gasteiger charge is -2.00. The van der Waals surface area contributed by atoms with Gasteiger partial charge < -0.3 is 5.32 Å². The minimum atomic E-state index is 0.691. The van der Waals surface area contributed by atoms with Crippen molar-refractivity contribution >= 4 is 23.4 Å². The van der Waals surface area contributed by atoms with Crippen LogP contribution in [0.3, 0.4) is 0 Å². The zero-order chi connectivity index (χ0) is 9.52. The maximum Gasteiger partial charge on any atom is 0.0961 e. The quantitative estimate of drug-likeness (QED) is 0.605. The minimum Gasteiger partial charge on any atom is -0.316 e. The summed E-state index contributed by atoms with van der Waals surface area (Å²) in [7, 11) is 0. The molecule has 0 atom stereocenters. The first kappa shape index (κ1) is 10.8. The number of halogens is 1. The van der Waals surface area contributed by atoms with Crippen LogP contribution in [0.25, 0.3) is 0 Å². The van der Waals surface area contributed by atoms with Crippen LogP contribution in [0.15, 0.2) is 23.4 Å². The molecule has 1 rings (SSSR count). The number of thioether (sulfide) groups is 1. The first-order chi connectivity index (χ1) is 6.33. The van der Waals surface area contributed by atoms with Gasteiger partial charge in [0, 0.05) is 18.5 Å². The van der Waals surface area contributed by atoms with Gasteiger partial charge in [0.2, 0.25) is 0 Å². The van der Waals surface area contributed by atoms with Crippen LogP contribution in [0.4, 0.5) is 0 Å². The Bertz CT molecular complexity index is 238. The molecule has 0 aromatic carbocycles. The van der Waals surface area contributed by atoms with Gasteiger partial charge in [-0.15, -0.1) is 11.8 Å². The fourth-order valence-electron chi connectivity index (χ4n) is 0.852. The van der Waals surface area contributed by atoms with E-state index in [1.165, 1.54) is 0 Å². The molecule has 0 fully saturated rings. The van der Waals surface area contributed by atoms with Gasteiger partial charge in [-0.05, 0) is 18.7 Å². The molecular weight excluding hydrogens is 204 g/mol. The number of pyridine rings is 1. The van der Waals surface area contributed by atoms with E-state index in [0.29, 0.717) is 5.02 Å². The molecule has 13 heavy (non-hydrogen) atoms. The highest BCUT2D eigenvalue weighted by Gasteiger charge is 1.94. The molecule has 0 spiro atoms. The van der Waals surface area contributed by atoms with Gasteiger partial charge in [-0.25, -0.2) is 4.98 Å². The Labute approximate surface area is 88.1 Å². The van der Waals surface area contributed by atoms with Crippen molar-refractivity contribution in [2.45, 2.75) is 11.9 Å². The van der Waals surface area contributed by atoms with E-state index in [4.69, 9.17) is 11.6 Å². The lowest BCUT2D eigenvalue weighted by Crippen LogP contribution is -2.15. The smallest absolute Gasteiger partial charge is 0.0961 e. The third-order valence-electron chi connectivity index (χ3n) is 1.48. The van der Waals surface area contributed by atoms with Crippen LogP contribution in [-0.2, 0) is 0 Å². The second kappa shape index (κ2) is 6.24. The van der Waals surface area contributed by atoms with Gasteiger partial charge in [-0.3, -0.25) is 0 Å². The average molecular weight is 217 g/mol. The Morgan fingerprint density at radius 2 is 2.38 bits per heavy atom. The largest absolute Gasteiger partial charge is 0.316 e. The molecule has 1 aromatic heterocycles. The first-order valence-electron chi connectivity index (χ1n) is 4.28. The Hall–Kier alpha value is -0.250. The lowest BCUT2D eigenvalue weighted by atomic mass is 10.5. The van der Waals surface area contributed by atoms with Crippen molar-refractivity contribution in [1.82, 2.24) is 10.3 Å². The van der Waals surface area contributed by atoms with Crippen LogP contribution in [0.5, 0.6) is 0 Å². The average Bonchev–Trinajstić information content (AvgIpc) is 2.15. The molecule has 0 aliphatic rings. The maximum atomic E-state index is 5.71. The second-order valence-corrected chi connectivity index (χ2v) is 4.07. The van der Waals surface area contributed by atoms with E-state index in [-0.39, 0.29) is 0 Å². The predicted octanol–water partition coefficient (Wildman–Crippen LogP) is 2.44. The SMILES string of the molecule is CCNCCSc1ccc(Cl)cn1. The lowest BCUT2D eigenvalue weighted by molar-refractivity contribution is 0.768. The van der Waals surface area contributed by atoms with Crippen molar-refractivity contribution in [3.05, 3.63) is 23.4 Å². The van der Waals surface area contributed by atoms with Crippen LogP contribution < -0.4 is 5.32 Å². The Morgan fingerprint density at radius 1 is 1.54 bits per heavy atom. The molecule has 1 aromatic rings. The van der Waals surface area contributed by atoms with Crippen molar-refractivity contribution in [2.24, 2.45) is 0 Å². The third kappa shape index (κ3) is 4.50. The minimum absolute atomic E-state index is 0.691. The second-order valence-electron chi connectivity index (χ2n) is 2.52. The van der Waals surface area contributed by atoms with E-state index in [9.17, 15) is 0 Å². The molecule has 0 radical (unpaired) electrons. The van der Waals surface area contributed by atoms with Crippen molar-refractivity contribution in [2.75, 3.05) is 18.8 Å². The molecule has 0 saturated heterocycles. The molecule has 72 valence electrons. The number of aromatic nitrogens is 1. The number of rotatable bonds is 5. The van der Waals surface area contributed by atoms with Gasteiger partial charge in [-0.2, -0.15) is 0 Å². The van der Waals surface area contributed by atoms with Gasteiger partial charge in [0.15, 0.2) is 0 Å². The molecule has 0 unspecified atom stereocenters. The van der Waals surface area contributed by atoms with Gasteiger partial charge in [0.1, 0.15) is 0 Å². The predicted molar refractivity (Wildman–Crippen MR) is 58.5 cm³/mol. The number of nitrogens with zero attached hydrogens (tertiary/aromatic N) is 1. The zero-order valence-corrected chi connectivity index (χ0v) is 9.16. The van der Waals surface area contributed by atoms with E-state index in [1.54, 1.807) is 18.0 Å². The fraction of sp³-hybridized carbons (Fsp3) is 0.444. The molecule has 0 bridgehead atoms. The highest BCUT2D eigenvalue weighted by Crippen LogP contribution is 2.16. The summed E-state index contributed by atoms with van der Waals surface area (Å²) in [6.45, 7) is 4.14. The zero-order valence-electron chi connectivity index (χ0n) is 7.59. The molecule has 1 heterocycles. The van der Waals surface area contributed by atoms with Gasteiger partial charge in [0.25, 0.3) is 0 Å². The van der Waals surface area contributed by atoms with Crippen molar-refractivity contribution in [1.29, 1.82) is 0 Å². The monoisotopic (exact) mass is 216 g/mol. The molecule has 1 N–H and O–H groups in total. The number of hydrogen-bond donors (Lipinski definition) is 1. The molecule has 2 nitrogen and oxygen atoms in total.